The highest BCUT2D eigenvalue weighted by Crippen LogP contribution is 2.30. The maximum atomic E-state index is 3.91. The summed E-state index contributed by atoms with van der Waals surface area (Å²) in [4.78, 5) is 3.33. The Kier molecular flexibility index (Phi) is 3.26. The maximum Gasteiger partial charge on any atom is 0.0462 e. The van der Waals surface area contributed by atoms with E-state index in [-0.39, 0.29) is 0 Å². The monoisotopic (exact) mass is 259 g/mol. The van der Waals surface area contributed by atoms with Gasteiger partial charge in [0.2, 0.25) is 0 Å². The van der Waals surface area contributed by atoms with Crippen LogP contribution in [0.15, 0.2) is 67.4 Å². The van der Waals surface area contributed by atoms with Crippen molar-refractivity contribution in [3.05, 3.63) is 78.5 Å². The molecule has 0 aliphatic rings. The number of benzene rings is 2. The fourth-order valence-electron chi connectivity index (χ4n) is 2.44. The van der Waals surface area contributed by atoms with Crippen molar-refractivity contribution in [2.24, 2.45) is 0 Å². The van der Waals surface area contributed by atoms with Crippen molar-refractivity contribution in [1.82, 2.24) is 4.98 Å². The van der Waals surface area contributed by atoms with Crippen LogP contribution in [0, 0.1) is 6.92 Å². The Morgan fingerprint density at radius 1 is 0.950 bits per heavy atom. The first-order valence-electron chi connectivity index (χ1n) is 6.75. The van der Waals surface area contributed by atoms with Crippen molar-refractivity contribution in [1.29, 1.82) is 0 Å². The van der Waals surface area contributed by atoms with Crippen LogP contribution in [-0.4, -0.2) is 4.98 Å². The molecule has 2 aromatic carbocycles. The molecule has 0 aliphatic carbocycles. The molecule has 0 fully saturated rings. The van der Waals surface area contributed by atoms with Crippen molar-refractivity contribution >= 4 is 6.08 Å². The Bertz CT molecular complexity index is 735. The molecule has 0 bridgehead atoms. The molecule has 1 nitrogen and oxygen atoms in total. The minimum Gasteiger partial charge on any atom is -0.361 e. The van der Waals surface area contributed by atoms with Crippen molar-refractivity contribution in [3.8, 4) is 22.4 Å². The third-order valence-corrected chi connectivity index (χ3v) is 3.50. The number of rotatable bonds is 3. The zero-order chi connectivity index (χ0) is 13.9. The summed E-state index contributed by atoms with van der Waals surface area (Å²) in [6, 6.07) is 19.1. The van der Waals surface area contributed by atoms with Gasteiger partial charge in [0, 0.05) is 17.5 Å². The minimum absolute atomic E-state index is 1.13. The van der Waals surface area contributed by atoms with Crippen LogP contribution in [0.4, 0.5) is 0 Å². The van der Waals surface area contributed by atoms with E-state index in [0.29, 0.717) is 0 Å². The first kappa shape index (κ1) is 12.5. The van der Waals surface area contributed by atoms with Crippen LogP contribution >= 0.6 is 0 Å². The third kappa shape index (κ3) is 2.30. The van der Waals surface area contributed by atoms with Gasteiger partial charge in [0.15, 0.2) is 0 Å². The van der Waals surface area contributed by atoms with Gasteiger partial charge in [-0.25, -0.2) is 0 Å². The Balaban J connectivity index is 2.15. The zero-order valence-corrected chi connectivity index (χ0v) is 11.6. The summed E-state index contributed by atoms with van der Waals surface area (Å²) in [5.74, 6) is 0. The highest BCUT2D eigenvalue weighted by molar-refractivity contribution is 5.79. The predicted octanol–water partition coefficient (Wildman–Crippen LogP) is 5.30. The van der Waals surface area contributed by atoms with Crippen molar-refractivity contribution in [3.63, 3.8) is 0 Å². The Hall–Kier alpha value is -2.54. The van der Waals surface area contributed by atoms with Crippen LogP contribution < -0.4 is 0 Å². The van der Waals surface area contributed by atoms with E-state index >= 15 is 0 Å². The first-order chi connectivity index (χ1) is 9.78. The van der Waals surface area contributed by atoms with E-state index in [1.807, 2.05) is 18.3 Å². The third-order valence-electron chi connectivity index (χ3n) is 3.50. The second-order valence-electron chi connectivity index (χ2n) is 4.96. The minimum atomic E-state index is 1.13. The molecule has 20 heavy (non-hydrogen) atoms. The van der Waals surface area contributed by atoms with Crippen LogP contribution in [0.5, 0.6) is 0 Å². The highest BCUT2D eigenvalue weighted by atomic mass is 14.7. The molecule has 0 unspecified atom stereocenters. The summed E-state index contributed by atoms with van der Waals surface area (Å²) in [7, 11) is 0. The summed E-state index contributed by atoms with van der Waals surface area (Å²) < 4.78 is 0. The molecule has 0 radical (unpaired) electrons. The van der Waals surface area contributed by atoms with Gasteiger partial charge in [-0.05, 0) is 41.3 Å². The van der Waals surface area contributed by atoms with Gasteiger partial charge in [-0.2, -0.15) is 0 Å². The Morgan fingerprint density at radius 2 is 1.75 bits per heavy atom. The van der Waals surface area contributed by atoms with Crippen LogP contribution in [0.25, 0.3) is 28.5 Å². The standard InChI is InChI=1S/C19H17N/c1-3-15-9-10-17(16-7-5-4-6-8-16)12-18(15)19-11-14(2)13-20-19/h3-13,20H,1H2,2H3. The van der Waals surface area contributed by atoms with Crippen molar-refractivity contribution in [2.45, 2.75) is 6.92 Å². The van der Waals surface area contributed by atoms with Gasteiger partial charge < -0.3 is 4.98 Å². The molecule has 1 aromatic heterocycles. The number of hydrogen-bond donors (Lipinski definition) is 1. The van der Waals surface area contributed by atoms with E-state index in [2.05, 4.69) is 67.0 Å². The van der Waals surface area contributed by atoms with Gasteiger partial charge in [-0.3, -0.25) is 0 Å². The van der Waals surface area contributed by atoms with Crippen molar-refractivity contribution in [2.75, 3.05) is 0 Å². The van der Waals surface area contributed by atoms with Gasteiger partial charge in [0.25, 0.3) is 0 Å². The normalized spacial score (nSPS) is 10.4. The lowest BCUT2D eigenvalue weighted by atomic mass is 9.97. The number of nitrogens with one attached hydrogen (secondary N) is 1. The quantitative estimate of drug-likeness (QED) is 0.657. The summed E-state index contributed by atoms with van der Waals surface area (Å²) in [6.45, 7) is 6.00. The maximum absolute atomic E-state index is 3.91. The van der Waals surface area contributed by atoms with E-state index < -0.39 is 0 Å². The summed E-state index contributed by atoms with van der Waals surface area (Å²) in [5.41, 5.74) is 7.15. The van der Waals surface area contributed by atoms with E-state index in [1.54, 1.807) is 0 Å². The second kappa shape index (κ2) is 5.22. The largest absolute Gasteiger partial charge is 0.361 e. The number of H-pyrrole nitrogens is 1. The molecule has 0 atom stereocenters. The molecule has 1 heterocycles. The van der Waals surface area contributed by atoms with E-state index in [9.17, 15) is 0 Å². The van der Waals surface area contributed by atoms with E-state index in [4.69, 9.17) is 0 Å². The lowest BCUT2D eigenvalue weighted by molar-refractivity contribution is 1.38. The number of aromatic amines is 1. The molecule has 98 valence electrons. The highest BCUT2D eigenvalue weighted by Gasteiger charge is 2.07. The summed E-state index contributed by atoms with van der Waals surface area (Å²) in [5, 5.41) is 0. The topological polar surface area (TPSA) is 15.8 Å². The molecule has 0 aliphatic heterocycles. The lowest BCUT2D eigenvalue weighted by Gasteiger charge is -2.08. The average molecular weight is 259 g/mol. The van der Waals surface area contributed by atoms with Gasteiger partial charge in [-0.1, -0.05) is 55.1 Å². The van der Waals surface area contributed by atoms with Gasteiger partial charge in [0.1, 0.15) is 0 Å². The molecule has 0 amide bonds. The number of aromatic nitrogens is 1. The van der Waals surface area contributed by atoms with E-state index in [0.717, 1.165) is 11.3 Å². The molecular weight excluding hydrogens is 242 g/mol. The molecule has 0 saturated carbocycles. The first-order valence-corrected chi connectivity index (χ1v) is 6.75. The molecule has 1 heteroatoms. The molecular formula is C19H17N. The molecule has 3 rings (SSSR count). The second-order valence-corrected chi connectivity index (χ2v) is 4.96. The number of aryl methyl sites for hydroxylation is 1. The molecule has 3 aromatic rings. The summed E-state index contributed by atoms with van der Waals surface area (Å²) >= 11 is 0. The van der Waals surface area contributed by atoms with Crippen LogP contribution in [0.2, 0.25) is 0 Å². The lowest BCUT2D eigenvalue weighted by Crippen LogP contribution is -1.86. The fourth-order valence-corrected chi connectivity index (χ4v) is 2.44. The van der Waals surface area contributed by atoms with E-state index in [1.165, 1.54) is 22.3 Å². The van der Waals surface area contributed by atoms with Gasteiger partial charge >= 0.3 is 0 Å². The fraction of sp³-hybridized carbons (Fsp3) is 0.0526. The summed E-state index contributed by atoms with van der Waals surface area (Å²) in [6.07, 6.45) is 3.93. The molecule has 1 N–H and O–H groups in total. The Morgan fingerprint density at radius 3 is 2.40 bits per heavy atom. The van der Waals surface area contributed by atoms with Crippen LogP contribution in [0.3, 0.4) is 0 Å². The van der Waals surface area contributed by atoms with Crippen LogP contribution in [0.1, 0.15) is 11.1 Å². The smallest absolute Gasteiger partial charge is 0.0462 e. The molecule has 0 spiro atoms. The average Bonchev–Trinajstić information content (AvgIpc) is 2.94. The van der Waals surface area contributed by atoms with Gasteiger partial charge in [-0.15, -0.1) is 0 Å². The zero-order valence-electron chi connectivity index (χ0n) is 11.6. The molecule has 0 saturated heterocycles. The SMILES string of the molecule is C=Cc1ccc(-c2ccccc2)cc1-c1cc(C)c[nH]1. The van der Waals surface area contributed by atoms with Crippen molar-refractivity contribution < 1.29 is 0 Å². The predicted molar refractivity (Wildman–Crippen MR) is 86.5 cm³/mol. The van der Waals surface area contributed by atoms with Gasteiger partial charge in [0.05, 0.1) is 0 Å². The van der Waals surface area contributed by atoms with Crippen LogP contribution in [-0.2, 0) is 0 Å². The number of hydrogen-bond acceptors (Lipinski definition) is 0. The Labute approximate surface area is 119 Å².